The van der Waals surface area contributed by atoms with Gasteiger partial charge < -0.3 is 15.4 Å². The van der Waals surface area contributed by atoms with Gasteiger partial charge in [0.2, 0.25) is 0 Å². The second kappa shape index (κ2) is 7.67. The van der Waals surface area contributed by atoms with E-state index in [-0.39, 0.29) is 5.97 Å². The lowest BCUT2D eigenvalue weighted by Gasteiger charge is -2.27. The molecular formula is C16H23N3O2. The van der Waals surface area contributed by atoms with Crippen LogP contribution in [0.25, 0.3) is 0 Å². The first-order valence-corrected chi connectivity index (χ1v) is 7.43. The number of rotatable bonds is 4. The van der Waals surface area contributed by atoms with E-state index in [0.717, 1.165) is 25.1 Å². The van der Waals surface area contributed by atoms with Gasteiger partial charge in [-0.1, -0.05) is 12.1 Å². The third kappa shape index (κ3) is 4.48. The first kappa shape index (κ1) is 15.4. The van der Waals surface area contributed by atoms with Crippen molar-refractivity contribution in [3.63, 3.8) is 0 Å². The Morgan fingerprint density at radius 2 is 2.10 bits per heavy atom. The van der Waals surface area contributed by atoms with Crippen molar-refractivity contribution in [3.05, 3.63) is 35.4 Å². The van der Waals surface area contributed by atoms with E-state index in [1.165, 1.54) is 26.4 Å². The monoisotopic (exact) mass is 289 g/mol. The summed E-state index contributed by atoms with van der Waals surface area (Å²) >= 11 is 0. The van der Waals surface area contributed by atoms with Crippen molar-refractivity contribution in [2.24, 2.45) is 10.7 Å². The fraction of sp³-hybridized carbons (Fsp3) is 0.500. The van der Waals surface area contributed by atoms with E-state index in [1.54, 1.807) is 6.07 Å². The number of ether oxygens (including phenoxy) is 1. The lowest BCUT2D eigenvalue weighted by molar-refractivity contribution is 0.0600. The Labute approximate surface area is 125 Å². The van der Waals surface area contributed by atoms with Crippen LogP contribution in [-0.4, -0.2) is 43.6 Å². The second-order valence-electron chi connectivity index (χ2n) is 5.23. The maximum absolute atomic E-state index is 11.5. The minimum absolute atomic E-state index is 0.312. The topological polar surface area (TPSA) is 67.9 Å². The Balaban J connectivity index is 1.89. The van der Waals surface area contributed by atoms with Gasteiger partial charge >= 0.3 is 5.97 Å². The van der Waals surface area contributed by atoms with Gasteiger partial charge in [0, 0.05) is 19.6 Å². The summed E-state index contributed by atoms with van der Waals surface area (Å²) in [7, 11) is 1.39. The zero-order valence-electron chi connectivity index (χ0n) is 12.5. The summed E-state index contributed by atoms with van der Waals surface area (Å²) in [5, 5.41) is 0. The Morgan fingerprint density at radius 1 is 1.33 bits per heavy atom. The highest BCUT2D eigenvalue weighted by atomic mass is 16.5. The number of esters is 1. The molecule has 0 bridgehead atoms. The summed E-state index contributed by atoms with van der Waals surface area (Å²) in [6.07, 6.45) is 4.43. The second-order valence-corrected chi connectivity index (χ2v) is 5.23. The van der Waals surface area contributed by atoms with E-state index in [4.69, 9.17) is 10.5 Å². The van der Waals surface area contributed by atoms with Gasteiger partial charge in [0.25, 0.3) is 0 Å². The SMILES string of the molecule is COC(=O)c1cccc(CCN=C(N)N2CCCCC2)c1. The Morgan fingerprint density at radius 3 is 2.81 bits per heavy atom. The standard InChI is InChI=1S/C16H23N3O2/c1-21-15(20)14-7-5-6-13(12-14)8-9-18-16(17)19-10-3-2-4-11-19/h5-7,12H,2-4,8-11H2,1H3,(H2,17,18). The molecule has 0 amide bonds. The number of nitrogens with two attached hydrogens (primary N) is 1. The number of guanidine groups is 1. The van der Waals surface area contributed by atoms with Gasteiger partial charge in [0.15, 0.2) is 5.96 Å². The van der Waals surface area contributed by atoms with Crippen molar-refractivity contribution in [2.75, 3.05) is 26.7 Å². The average molecular weight is 289 g/mol. The molecule has 5 nitrogen and oxygen atoms in total. The molecule has 1 aliphatic rings. The van der Waals surface area contributed by atoms with Gasteiger partial charge in [-0.05, 0) is 43.4 Å². The highest BCUT2D eigenvalue weighted by Crippen LogP contribution is 2.09. The fourth-order valence-electron chi connectivity index (χ4n) is 2.49. The Hall–Kier alpha value is -2.04. The van der Waals surface area contributed by atoms with Gasteiger partial charge in [-0.3, -0.25) is 4.99 Å². The molecule has 114 valence electrons. The van der Waals surface area contributed by atoms with Crippen LogP contribution in [0.5, 0.6) is 0 Å². The molecular weight excluding hydrogens is 266 g/mol. The number of piperidine rings is 1. The lowest BCUT2D eigenvalue weighted by atomic mass is 10.1. The molecule has 0 saturated carbocycles. The third-order valence-corrected chi connectivity index (χ3v) is 3.70. The summed E-state index contributed by atoms with van der Waals surface area (Å²) in [5.41, 5.74) is 7.65. The van der Waals surface area contributed by atoms with Crippen LogP contribution in [0.4, 0.5) is 0 Å². The number of benzene rings is 1. The largest absolute Gasteiger partial charge is 0.465 e. The van der Waals surface area contributed by atoms with E-state index in [2.05, 4.69) is 9.89 Å². The minimum Gasteiger partial charge on any atom is -0.465 e. The van der Waals surface area contributed by atoms with Crippen LogP contribution in [0.2, 0.25) is 0 Å². The van der Waals surface area contributed by atoms with E-state index in [9.17, 15) is 4.79 Å². The summed E-state index contributed by atoms with van der Waals surface area (Å²) in [4.78, 5) is 18.1. The molecule has 0 atom stereocenters. The highest BCUT2D eigenvalue weighted by molar-refractivity contribution is 5.89. The zero-order valence-corrected chi connectivity index (χ0v) is 12.5. The molecule has 0 aliphatic carbocycles. The number of carbonyl (C=O) groups is 1. The van der Waals surface area contributed by atoms with Gasteiger partial charge in [0.1, 0.15) is 0 Å². The molecule has 21 heavy (non-hydrogen) atoms. The molecule has 1 fully saturated rings. The van der Waals surface area contributed by atoms with Crippen molar-refractivity contribution < 1.29 is 9.53 Å². The minimum atomic E-state index is -0.312. The Bertz CT molecular complexity index is 508. The molecule has 0 radical (unpaired) electrons. The van der Waals surface area contributed by atoms with Gasteiger partial charge in [-0.2, -0.15) is 0 Å². The highest BCUT2D eigenvalue weighted by Gasteiger charge is 2.11. The normalized spacial score (nSPS) is 15.9. The lowest BCUT2D eigenvalue weighted by Crippen LogP contribution is -2.41. The maximum atomic E-state index is 11.5. The zero-order chi connectivity index (χ0) is 15.1. The number of aliphatic imine (C=N–C) groups is 1. The van der Waals surface area contributed by atoms with Gasteiger partial charge in [-0.25, -0.2) is 4.79 Å². The molecule has 5 heteroatoms. The molecule has 1 heterocycles. The molecule has 1 aromatic carbocycles. The molecule has 2 rings (SSSR count). The summed E-state index contributed by atoms with van der Waals surface area (Å²) < 4.78 is 4.72. The summed E-state index contributed by atoms with van der Waals surface area (Å²) in [6, 6.07) is 7.44. The van der Waals surface area contributed by atoms with Crippen LogP contribution in [0, 0.1) is 0 Å². The van der Waals surface area contributed by atoms with Crippen molar-refractivity contribution in [2.45, 2.75) is 25.7 Å². The van der Waals surface area contributed by atoms with Crippen molar-refractivity contribution in [1.82, 2.24) is 4.90 Å². The van der Waals surface area contributed by atoms with Crippen LogP contribution in [0.1, 0.15) is 35.2 Å². The van der Waals surface area contributed by atoms with Gasteiger partial charge in [-0.15, -0.1) is 0 Å². The van der Waals surface area contributed by atoms with Crippen LogP contribution in [0.15, 0.2) is 29.3 Å². The summed E-state index contributed by atoms with van der Waals surface area (Å²) in [6.45, 7) is 2.65. The fourth-order valence-corrected chi connectivity index (χ4v) is 2.49. The van der Waals surface area contributed by atoms with E-state index >= 15 is 0 Å². The van der Waals surface area contributed by atoms with Crippen LogP contribution in [0.3, 0.4) is 0 Å². The van der Waals surface area contributed by atoms with Crippen molar-refractivity contribution in [3.8, 4) is 0 Å². The smallest absolute Gasteiger partial charge is 0.337 e. The third-order valence-electron chi connectivity index (χ3n) is 3.70. The molecule has 2 N–H and O–H groups in total. The van der Waals surface area contributed by atoms with Crippen LogP contribution < -0.4 is 5.73 Å². The quantitative estimate of drug-likeness (QED) is 0.521. The molecule has 0 spiro atoms. The molecule has 1 saturated heterocycles. The Kier molecular flexibility index (Phi) is 5.60. The number of hydrogen-bond acceptors (Lipinski definition) is 3. The molecule has 1 aliphatic heterocycles. The first-order valence-electron chi connectivity index (χ1n) is 7.43. The van der Waals surface area contributed by atoms with Crippen molar-refractivity contribution >= 4 is 11.9 Å². The van der Waals surface area contributed by atoms with Crippen LogP contribution in [-0.2, 0) is 11.2 Å². The predicted octanol–water partition coefficient (Wildman–Crippen LogP) is 1.82. The number of nitrogens with zero attached hydrogens (tertiary/aromatic N) is 2. The summed E-state index contributed by atoms with van der Waals surface area (Å²) in [5.74, 6) is 0.326. The number of methoxy groups -OCH3 is 1. The maximum Gasteiger partial charge on any atom is 0.337 e. The average Bonchev–Trinajstić information content (AvgIpc) is 2.55. The number of hydrogen-bond donors (Lipinski definition) is 1. The van der Waals surface area contributed by atoms with Gasteiger partial charge in [0.05, 0.1) is 12.7 Å². The van der Waals surface area contributed by atoms with E-state index in [0.29, 0.717) is 18.1 Å². The molecule has 0 unspecified atom stereocenters. The first-order chi connectivity index (χ1) is 10.2. The number of carbonyl (C=O) groups excluding carboxylic acids is 1. The van der Waals surface area contributed by atoms with Crippen LogP contribution >= 0.6 is 0 Å². The predicted molar refractivity (Wildman–Crippen MR) is 83.4 cm³/mol. The number of likely N-dealkylation sites (tertiary alicyclic amines) is 1. The molecule has 0 aromatic heterocycles. The molecule has 1 aromatic rings. The van der Waals surface area contributed by atoms with Crippen molar-refractivity contribution in [1.29, 1.82) is 0 Å². The van der Waals surface area contributed by atoms with E-state index < -0.39 is 0 Å². The van der Waals surface area contributed by atoms with E-state index in [1.807, 2.05) is 18.2 Å².